The third kappa shape index (κ3) is 10.7. The first-order chi connectivity index (χ1) is 21.6. The molecule has 3 amide bonds. The Kier molecular flexibility index (Phi) is 16.1. The molecular formula is C33H53ClN4O8. The molecule has 0 spiro atoms. The Hall–Kier alpha value is -3.09. The van der Waals surface area contributed by atoms with E-state index in [1.54, 1.807) is 31.1 Å². The molecule has 3 heterocycles. The van der Waals surface area contributed by atoms with Crippen molar-refractivity contribution in [3.63, 3.8) is 0 Å². The predicted octanol–water partition coefficient (Wildman–Crippen LogP) is 2.65. The van der Waals surface area contributed by atoms with Crippen LogP contribution in [-0.4, -0.2) is 101 Å². The molecule has 3 aliphatic rings. The zero-order valence-corrected chi connectivity index (χ0v) is 28.9. The molecule has 46 heavy (non-hydrogen) atoms. The van der Waals surface area contributed by atoms with Gasteiger partial charge in [0.15, 0.2) is 18.1 Å². The van der Waals surface area contributed by atoms with E-state index in [2.05, 4.69) is 29.8 Å². The number of hydrogen-bond acceptors (Lipinski definition) is 9. The Bertz CT molecular complexity index is 1160. The number of nitrogens with one attached hydrogen (secondary N) is 3. The second kappa shape index (κ2) is 18.9. The first kappa shape index (κ1) is 39.1. The molecule has 0 aromatic heterocycles. The van der Waals surface area contributed by atoms with Crippen molar-refractivity contribution in [3.8, 4) is 11.5 Å². The number of piperidine rings is 1. The molecule has 0 saturated carbocycles. The zero-order valence-electron chi connectivity index (χ0n) is 28.0. The summed E-state index contributed by atoms with van der Waals surface area (Å²) >= 11 is 0. The first-order valence-electron chi connectivity index (χ1n) is 16.1. The van der Waals surface area contributed by atoms with Gasteiger partial charge < -0.3 is 39.8 Å². The van der Waals surface area contributed by atoms with E-state index in [4.69, 9.17) is 18.9 Å². The molecular weight excluding hydrogens is 616 g/mol. The Morgan fingerprint density at radius 1 is 1.04 bits per heavy atom. The van der Waals surface area contributed by atoms with E-state index in [0.717, 1.165) is 12.0 Å². The third-order valence-electron chi connectivity index (χ3n) is 8.68. The SMILES string of the molecule is CCOC(=O)C1(CCC(C)C)CNC(=O)CCCN(C(=O)C2(OC)CCNCC2)CCNC(=O)COc2ccc(cc2OC)C1.Cl. The highest BCUT2D eigenvalue weighted by molar-refractivity contribution is 5.86. The van der Waals surface area contributed by atoms with Crippen LogP contribution in [0.4, 0.5) is 0 Å². The van der Waals surface area contributed by atoms with Gasteiger partial charge in [-0.05, 0) is 82.2 Å². The number of carbonyl (C=O) groups is 4. The van der Waals surface area contributed by atoms with Crippen LogP contribution < -0.4 is 25.4 Å². The van der Waals surface area contributed by atoms with E-state index in [1.165, 1.54) is 7.11 Å². The molecule has 1 atom stereocenters. The summed E-state index contributed by atoms with van der Waals surface area (Å²) < 4.78 is 22.7. The van der Waals surface area contributed by atoms with Gasteiger partial charge in [-0.25, -0.2) is 0 Å². The van der Waals surface area contributed by atoms with Crippen molar-refractivity contribution in [1.82, 2.24) is 20.9 Å². The first-order valence-corrected chi connectivity index (χ1v) is 16.1. The highest BCUT2D eigenvalue weighted by Crippen LogP contribution is 2.35. The number of benzene rings is 1. The van der Waals surface area contributed by atoms with Gasteiger partial charge in [-0.1, -0.05) is 19.9 Å². The maximum absolute atomic E-state index is 13.8. The number of rotatable bonds is 8. The summed E-state index contributed by atoms with van der Waals surface area (Å²) in [5.74, 6) is 0.0722. The van der Waals surface area contributed by atoms with Gasteiger partial charge in [-0.3, -0.25) is 19.2 Å². The number of carbonyl (C=O) groups excluding carboxylic acids is 4. The Morgan fingerprint density at radius 3 is 2.43 bits per heavy atom. The minimum absolute atomic E-state index is 0. The van der Waals surface area contributed by atoms with E-state index in [9.17, 15) is 19.2 Å². The number of amides is 3. The van der Waals surface area contributed by atoms with E-state index in [1.807, 2.05) is 6.07 Å². The molecule has 0 radical (unpaired) electrons. The van der Waals surface area contributed by atoms with Crippen molar-refractivity contribution in [2.24, 2.45) is 11.3 Å². The number of methoxy groups -OCH3 is 2. The lowest BCUT2D eigenvalue weighted by Crippen LogP contribution is -2.56. The van der Waals surface area contributed by atoms with Crippen LogP contribution in [0.1, 0.15) is 64.9 Å². The topological polar surface area (TPSA) is 145 Å². The van der Waals surface area contributed by atoms with Gasteiger partial charge in [0.25, 0.3) is 11.8 Å². The molecule has 12 nitrogen and oxygen atoms in total. The monoisotopic (exact) mass is 668 g/mol. The van der Waals surface area contributed by atoms with Gasteiger partial charge in [0, 0.05) is 39.7 Å². The summed E-state index contributed by atoms with van der Waals surface area (Å²) in [5.41, 5.74) is -1.14. The Morgan fingerprint density at radius 2 is 1.78 bits per heavy atom. The molecule has 4 rings (SSSR count). The second-order valence-electron chi connectivity index (χ2n) is 12.4. The second-order valence-corrected chi connectivity index (χ2v) is 12.4. The fraction of sp³-hybridized carbons (Fsp3) is 0.697. The predicted molar refractivity (Wildman–Crippen MR) is 176 cm³/mol. The van der Waals surface area contributed by atoms with Crippen LogP contribution in [-0.2, 0) is 35.1 Å². The summed E-state index contributed by atoms with van der Waals surface area (Å²) in [5, 5.41) is 9.11. The van der Waals surface area contributed by atoms with Gasteiger partial charge in [-0.15, -0.1) is 12.4 Å². The summed E-state index contributed by atoms with van der Waals surface area (Å²) in [7, 11) is 3.07. The lowest BCUT2D eigenvalue weighted by atomic mass is 9.76. The summed E-state index contributed by atoms with van der Waals surface area (Å²) in [6, 6.07) is 5.35. The van der Waals surface area contributed by atoms with Crippen LogP contribution in [0.15, 0.2) is 18.2 Å². The van der Waals surface area contributed by atoms with E-state index in [0.29, 0.717) is 69.2 Å². The van der Waals surface area contributed by atoms with Crippen LogP contribution >= 0.6 is 12.4 Å². The molecule has 260 valence electrons. The van der Waals surface area contributed by atoms with E-state index >= 15 is 0 Å². The number of fused-ring (bicyclic) bond motifs is 16. The third-order valence-corrected chi connectivity index (χ3v) is 8.68. The lowest BCUT2D eigenvalue weighted by molar-refractivity contribution is -0.158. The van der Waals surface area contributed by atoms with Crippen LogP contribution in [0.2, 0.25) is 0 Å². The van der Waals surface area contributed by atoms with Crippen LogP contribution in [0.3, 0.4) is 0 Å². The molecule has 1 aromatic carbocycles. The maximum Gasteiger partial charge on any atom is 0.314 e. The van der Waals surface area contributed by atoms with Gasteiger partial charge in [0.2, 0.25) is 5.91 Å². The van der Waals surface area contributed by atoms with Crippen molar-refractivity contribution in [2.75, 3.05) is 66.7 Å². The van der Waals surface area contributed by atoms with Gasteiger partial charge in [-0.2, -0.15) is 0 Å². The molecule has 13 heteroatoms. The molecule has 0 aliphatic carbocycles. The average Bonchev–Trinajstić information content (AvgIpc) is 3.04. The van der Waals surface area contributed by atoms with E-state index in [-0.39, 0.29) is 75.4 Å². The highest BCUT2D eigenvalue weighted by Gasteiger charge is 2.43. The van der Waals surface area contributed by atoms with Crippen molar-refractivity contribution >= 4 is 36.1 Å². The summed E-state index contributed by atoms with van der Waals surface area (Å²) in [6.45, 7) is 8.15. The Labute approximate surface area is 279 Å². The molecule has 1 unspecified atom stereocenters. The Balaban J connectivity index is 0.00000736. The summed E-state index contributed by atoms with van der Waals surface area (Å²) in [6.07, 6.45) is 3.22. The number of nitrogens with zero attached hydrogens (tertiary/aromatic N) is 1. The minimum Gasteiger partial charge on any atom is -0.493 e. The van der Waals surface area contributed by atoms with Gasteiger partial charge in [0.05, 0.1) is 19.1 Å². The number of halogens is 1. The largest absolute Gasteiger partial charge is 0.493 e. The molecule has 3 N–H and O–H groups in total. The number of ether oxygens (including phenoxy) is 4. The van der Waals surface area contributed by atoms with Crippen LogP contribution in [0, 0.1) is 11.3 Å². The quantitative estimate of drug-likeness (QED) is 0.281. The maximum atomic E-state index is 13.8. The smallest absolute Gasteiger partial charge is 0.314 e. The van der Waals surface area contributed by atoms with E-state index < -0.39 is 11.0 Å². The fourth-order valence-corrected chi connectivity index (χ4v) is 5.92. The molecule has 3 aliphatic heterocycles. The number of esters is 1. The fourth-order valence-electron chi connectivity index (χ4n) is 5.92. The van der Waals surface area contributed by atoms with Crippen molar-refractivity contribution < 1.29 is 38.1 Å². The lowest BCUT2D eigenvalue weighted by Gasteiger charge is -2.39. The van der Waals surface area contributed by atoms with Crippen molar-refractivity contribution in [2.45, 2.75) is 71.3 Å². The average molecular weight is 669 g/mol. The minimum atomic E-state index is -1.01. The van der Waals surface area contributed by atoms with Crippen LogP contribution in [0.25, 0.3) is 0 Å². The molecule has 1 fully saturated rings. The summed E-state index contributed by atoms with van der Waals surface area (Å²) in [4.78, 5) is 54.9. The zero-order chi connectivity index (χ0) is 32.9. The molecule has 2 bridgehead atoms. The molecule has 1 aromatic rings. The van der Waals surface area contributed by atoms with Crippen molar-refractivity contribution in [3.05, 3.63) is 23.8 Å². The van der Waals surface area contributed by atoms with Crippen LogP contribution in [0.5, 0.6) is 11.5 Å². The standard InChI is InChI=1S/C33H52N4O8.ClH/c1-6-44-31(41)32(12-11-24(2)3)21-25-9-10-26(27(20-25)42-4)45-22-29(39)35-17-19-37(18-7-8-28(38)36-23-32)30(40)33(43-5)13-15-34-16-14-33;/h9-10,20,24,34H,6-8,11-19,21-23H2,1-5H3,(H,35,39)(H,36,38);1H. The van der Waals surface area contributed by atoms with Crippen molar-refractivity contribution in [1.29, 1.82) is 0 Å². The van der Waals surface area contributed by atoms with Gasteiger partial charge >= 0.3 is 5.97 Å². The van der Waals surface area contributed by atoms with Gasteiger partial charge in [0.1, 0.15) is 5.60 Å². The molecule has 1 saturated heterocycles. The number of hydrogen-bond donors (Lipinski definition) is 3. The highest BCUT2D eigenvalue weighted by atomic mass is 35.5. The normalized spacial score (nSPS) is 21.4.